The van der Waals surface area contributed by atoms with Crippen molar-refractivity contribution < 1.29 is 4.79 Å². The van der Waals surface area contributed by atoms with Gasteiger partial charge in [0.2, 0.25) is 0 Å². The molecule has 4 nitrogen and oxygen atoms in total. The monoisotopic (exact) mass is 370 g/mol. The summed E-state index contributed by atoms with van der Waals surface area (Å²) in [6.07, 6.45) is 1.02. The molecule has 1 amide bonds. The van der Waals surface area contributed by atoms with E-state index in [0.717, 1.165) is 12.1 Å². The van der Waals surface area contributed by atoms with Crippen molar-refractivity contribution in [3.63, 3.8) is 0 Å². The Bertz CT molecular complexity index is 1080. The highest BCUT2D eigenvalue weighted by molar-refractivity contribution is 5.93. The van der Waals surface area contributed by atoms with Crippen molar-refractivity contribution in [2.75, 3.05) is 6.54 Å². The maximum absolute atomic E-state index is 12.6. The number of aromatic amines is 1. The smallest absolute Gasteiger partial charge is 0.260 e. The molecular formula is C24H22N2O2. The molecule has 3 aliphatic rings. The molecule has 2 bridgehead atoms. The fourth-order valence-corrected chi connectivity index (χ4v) is 5.03. The van der Waals surface area contributed by atoms with Gasteiger partial charge in [0.25, 0.3) is 11.5 Å². The maximum Gasteiger partial charge on any atom is 0.260 e. The van der Waals surface area contributed by atoms with Crippen molar-refractivity contribution in [2.24, 2.45) is 5.92 Å². The van der Waals surface area contributed by atoms with E-state index in [0.29, 0.717) is 18.4 Å². The molecule has 6 rings (SSSR count). The van der Waals surface area contributed by atoms with Crippen LogP contribution < -0.4 is 10.9 Å². The van der Waals surface area contributed by atoms with Gasteiger partial charge in [0.05, 0.1) is 0 Å². The average molecular weight is 370 g/mol. The lowest BCUT2D eigenvalue weighted by Gasteiger charge is -2.45. The molecule has 140 valence electrons. The minimum Gasteiger partial charge on any atom is -0.352 e. The van der Waals surface area contributed by atoms with Crippen molar-refractivity contribution in [1.82, 2.24) is 10.3 Å². The van der Waals surface area contributed by atoms with E-state index in [1.54, 1.807) is 19.1 Å². The third-order valence-corrected chi connectivity index (χ3v) is 6.25. The molecule has 2 N–H and O–H groups in total. The first-order valence-corrected chi connectivity index (χ1v) is 9.79. The third kappa shape index (κ3) is 2.60. The zero-order valence-corrected chi connectivity index (χ0v) is 15.7. The number of hydrogen-bond acceptors (Lipinski definition) is 2. The maximum atomic E-state index is 12.6. The Labute approximate surface area is 163 Å². The molecule has 3 aliphatic carbocycles. The van der Waals surface area contributed by atoms with E-state index in [1.807, 2.05) is 0 Å². The Hall–Kier alpha value is -3.14. The highest BCUT2D eigenvalue weighted by Gasteiger charge is 2.42. The third-order valence-electron chi connectivity index (χ3n) is 6.25. The molecule has 0 saturated heterocycles. The molecule has 0 aliphatic heterocycles. The number of carbonyl (C=O) groups is 1. The number of aryl methyl sites for hydroxylation is 1. The predicted octanol–water partition coefficient (Wildman–Crippen LogP) is 3.71. The zero-order valence-electron chi connectivity index (χ0n) is 15.7. The van der Waals surface area contributed by atoms with E-state index in [1.165, 1.54) is 22.3 Å². The average Bonchev–Trinajstić information content (AvgIpc) is 2.72. The van der Waals surface area contributed by atoms with E-state index in [4.69, 9.17) is 0 Å². The van der Waals surface area contributed by atoms with E-state index < -0.39 is 0 Å². The molecular weight excluding hydrogens is 348 g/mol. The molecule has 0 radical (unpaired) electrons. The number of pyridine rings is 1. The van der Waals surface area contributed by atoms with Crippen LogP contribution in [0, 0.1) is 12.8 Å². The number of H-pyrrole nitrogens is 1. The second kappa shape index (κ2) is 6.48. The molecule has 2 aromatic carbocycles. The minimum absolute atomic E-state index is 0.173. The summed E-state index contributed by atoms with van der Waals surface area (Å²) < 4.78 is 0. The first-order valence-electron chi connectivity index (χ1n) is 9.79. The van der Waals surface area contributed by atoms with Crippen LogP contribution in [0.4, 0.5) is 0 Å². The van der Waals surface area contributed by atoms with Gasteiger partial charge in [-0.1, -0.05) is 48.5 Å². The lowest BCUT2D eigenvalue weighted by molar-refractivity contribution is 0.0941. The van der Waals surface area contributed by atoms with Gasteiger partial charge in [-0.15, -0.1) is 0 Å². The molecule has 4 heteroatoms. The topological polar surface area (TPSA) is 62.0 Å². The van der Waals surface area contributed by atoms with Crippen LogP contribution in [-0.4, -0.2) is 17.4 Å². The quantitative estimate of drug-likeness (QED) is 0.738. The molecule has 1 heterocycles. The standard InChI is InChI=1S/C24H22N2O2/c1-14-10-11-20(24(28)26-14)23(27)25-13-15-12-21-16-6-2-4-8-18(16)22(15)19-9-5-3-7-17(19)21/h2-11,15,21-22H,12-13H2,1H3,(H,25,27)(H,26,28). The van der Waals surface area contributed by atoms with Crippen LogP contribution in [0.25, 0.3) is 0 Å². The van der Waals surface area contributed by atoms with Gasteiger partial charge in [-0.3, -0.25) is 9.59 Å². The first-order chi connectivity index (χ1) is 13.6. The van der Waals surface area contributed by atoms with Crippen molar-refractivity contribution in [2.45, 2.75) is 25.2 Å². The molecule has 1 aromatic heterocycles. The fourth-order valence-electron chi connectivity index (χ4n) is 5.03. The van der Waals surface area contributed by atoms with Crippen molar-refractivity contribution in [1.29, 1.82) is 0 Å². The molecule has 1 atom stereocenters. The highest BCUT2D eigenvalue weighted by Crippen LogP contribution is 2.55. The molecule has 28 heavy (non-hydrogen) atoms. The summed E-state index contributed by atoms with van der Waals surface area (Å²) in [6, 6.07) is 20.7. The van der Waals surface area contributed by atoms with E-state index in [9.17, 15) is 9.59 Å². The lowest BCUT2D eigenvalue weighted by Crippen LogP contribution is -2.40. The van der Waals surface area contributed by atoms with Gasteiger partial charge >= 0.3 is 0 Å². The molecule has 0 spiro atoms. The Kier molecular flexibility index (Phi) is 3.93. The van der Waals surface area contributed by atoms with Crippen molar-refractivity contribution in [3.8, 4) is 0 Å². The molecule has 3 aromatic rings. The van der Waals surface area contributed by atoms with E-state index in [-0.39, 0.29) is 22.9 Å². The Morgan fingerprint density at radius 2 is 1.57 bits per heavy atom. The zero-order chi connectivity index (χ0) is 19.3. The Morgan fingerprint density at radius 3 is 2.18 bits per heavy atom. The lowest BCUT2D eigenvalue weighted by atomic mass is 9.59. The number of carbonyl (C=O) groups excluding carboxylic acids is 1. The number of fused-ring (bicyclic) bond motifs is 1. The van der Waals surface area contributed by atoms with Crippen molar-refractivity contribution >= 4 is 5.91 Å². The van der Waals surface area contributed by atoms with E-state index >= 15 is 0 Å². The first kappa shape index (κ1) is 17.0. The van der Waals surface area contributed by atoms with Gasteiger partial charge < -0.3 is 10.3 Å². The number of benzene rings is 2. The van der Waals surface area contributed by atoms with Crippen LogP contribution >= 0.6 is 0 Å². The fraction of sp³-hybridized carbons (Fsp3) is 0.250. The van der Waals surface area contributed by atoms with Crippen LogP contribution in [-0.2, 0) is 0 Å². The summed E-state index contributed by atoms with van der Waals surface area (Å²) in [5.74, 6) is 0.684. The molecule has 1 unspecified atom stereocenters. The summed E-state index contributed by atoms with van der Waals surface area (Å²) in [4.78, 5) is 27.4. The van der Waals surface area contributed by atoms with Gasteiger partial charge in [-0.2, -0.15) is 0 Å². The summed E-state index contributed by atoms with van der Waals surface area (Å²) in [7, 11) is 0. The van der Waals surface area contributed by atoms with Crippen molar-refractivity contribution in [3.05, 3.63) is 105 Å². The van der Waals surface area contributed by atoms with Gasteiger partial charge in [0.15, 0.2) is 0 Å². The number of hydrogen-bond donors (Lipinski definition) is 2. The van der Waals surface area contributed by atoms with Crippen LogP contribution in [0.3, 0.4) is 0 Å². The van der Waals surface area contributed by atoms with Gasteiger partial charge in [0.1, 0.15) is 5.56 Å². The van der Waals surface area contributed by atoms with Crippen LogP contribution in [0.2, 0.25) is 0 Å². The SMILES string of the molecule is Cc1ccc(C(=O)NCC2CC3c4ccccc4C2c2ccccc23)c(=O)[nH]1. The van der Waals surface area contributed by atoms with Gasteiger partial charge in [0, 0.05) is 24.1 Å². The summed E-state index contributed by atoms with van der Waals surface area (Å²) >= 11 is 0. The van der Waals surface area contributed by atoms with E-state index in [2.05, 4.69) is 58.8 Å². The Balaban J connectivity index is 1.43. The summed E-state index contributed by atoms with van der Waals surface area (Å²) in [6.45, 7) is 2.37. The van der Waals surface area contributed by atoms with Gasteiger partial charge in [-0.25, -0.2) is 0 Å². The highest BCUT2D eigenvalue weighted by atomic mass is 16.2. The summed E-state index contributed by atoms with van der Waals surface area (Å²) in [5.41, 5.74) is 6.19. The van der Waals surface area contributed by atoms with Crippen LogP contribution in [0.15, 0.2) is 65.5 Å². The predicted molar refractivity (Wildman–Crippen MR) is 109 cm³/mol. The minimum atomic E-state index is -0.335. The second-order valence-electron chi connectivity index (χ2n) is 7.88. The Morgan fingerprint density at radius 1 is 0.964 bits per heavy atom. The molecule has 0 fully saturated rings. The number of aromatic nitrogens is 1. The number of rotatable bonds is 3. The molecule has 0 saturated carbocycles. The van der Waals surface area contributed by atoms with Crippen LogP contribution in [0.5, 0.6) is 0 Å². The number of nitrogens with one attached hydrogen (secondary N) is 2. The van der Waals surface area contributed by atoms with Gasteiger partial charge in [-0.05, 0) is 53.6 Å². The normalized spacial score (nSPS) is 21.7. The van der Waals surface area contributed by atoms with Crippen LogP contribution in [0.1, 0.15) is 56.6 Å². The number of amides is 1. The second-order valence-corrected chi connectivity index (χ2v) is 7.88. The summed E-state index contributed by atoms with van der Waals surface area (Å²) in [5, 5.41) is 3.02. The largest absolute Gasteiger partial charge is 0.352 e.